The molecule has 0 bridgehead atoms. The molecule has 146 valence electrons. The Hall–Kier alpha value is -3.81. The Morgan fingerprint density at radius 2 is 2.10 bits per heavy atom. The summed E-state index contributed by atoms with van der Waals surface area (Å²) in [6.45, 7) is 4.43. The van der Waals surface area contributed by atoms with Crippen molar-refractivity contribution in [2.24, 2.45) is 0 Å². The van der Waals surface area contributed by atoms with Crippen LogP contribution in [0.2, 0.25) is 0 Å². The first-order chi connectivity index (χ1) is 14.1. The number of amides is 1. The number of carbonyl (C=O) groups is 1. The number of aromatic nitrogens is 5. The van der Waals surface area contributed by atoms with Gasteiger partial charge in [-0.05, 0) is 24.6 Å². The first kappa shape index (κ1) is 18.5. The average Bonchev–Trinajstić information content (AvgIpc) is 3.42. The second-order valence-corrected chi connectivity index (χ2v) is 6.61. The standard InChI is InChI=1S/C21H20N6O2/c1-3-18-25-21(29-26-18)16-7-8-19(22-11-16)27-12-17(24-13-27)20(28)23-10-15-6-4-5-14(2)9-15/h4-9,11-13H,3,10H2,1-2H3,(H,23,28). The molecule has 0 unspecified atom stereocenters. The van der Waals surface area contributed by atoms with E-state index in [-0.39, 0.29) is 5.91 Å². The molecule has 8 nitrogen and oxygen atoms in total. The van der Waals surface area contributed by atoms with Crippen LogP contribution in [0.4, 0.5) is 0 Å². The highest BCUT2D eigenvalue weighted by atomic mass is 16.5. The van der Waals surface area contributed by atoms with Crippen molar-refractivity contribution in [3.8, 4) is 17.3 Å². The van der Waals surface area contributed by atoms with E-state index in [1.54, 1.807) is 29.4 Å². The largest absolute Gasteiger partial charge is 0.347 e. The lowest BCUT2D eigenvalue weighted by molar-refractivity contribution is 0.0946. The van der Waals surface area contributed by atoms with Gasteiger partial charge in [-0.15, -0.1) is 0 Å². The molecule has 0 aliphatic rings. The zero-order chi connectivity index (χ0) is 20.2. The molecular formula is C21H20N6O2. The lowest BCUT2D eigenvalue weighted by Crippen LogP contribution is -2.23. The molecule has 0 radical (unpaired) electrons. The minimum atomic E-state index is -0.236. The lowest BCUT2D eigenvalue weighted by atomic mass is 10.1. The highest BCUT2D eigenvalue weighted by molar-refractivity contribution is 5.92. The van der Waals surface area contributed by atoms with Gasteiger partial charge in [0, 0.05) is 25.4 Å². The number of benzene rings is 1. The molecule has 3 aromatic heterocycles. The summed E-state index contributed by atoms with van der Waals surface area (Å²) in [7, 11) is 0. The average molecular weight is 388 g/mol. The summed E-state index contributed by atoms with van der Waals surface area (Å²) in [5.74, 6) is 1.48. The van der Waals surface area contributed by atoms with Gasteiger partial charge in [-0.3, -0.25) is 9.36 Å². The van der Waals surface area contributed by atoms with E-state index < -0.39 is 0 Å². The summed E-state index contributed by atoms with van der Waals surface area (Å²) >= 11 is 0. The van der Waals surface area contributed by atoms with Crippen LogP contribution in [0.25, 0.3) is 17.3 Å². The van der Waals surface area contributed by atoms with E-state index in [1.807, 2.05) is 44.2 Å². The maximum atomic E-state index is 12.4. The summed E-state index contributed by atoms with van der Waals surface area (Å²) in [5, 5.41) is 6.77. The highest BCUT2D eigenvalue weighted by Crippen LogP contribution is 2.17. The topological polar surface area (TPSA) is 98.7 Å². The van der Waals surface area contributed by atoms with Crippen LogP contribution in [0, 0.1) is 6.92 Å². The molecule has 1 N–H and O–H groups in total. The smallest absolute Gasteiger partial charge is 0.271 e. The van der Waals surface area contributed by atoms with Crippen LogP contribution in [0.15, 0.2) is 59.6 Å². The number of rotatable bonds is 6. The van der Waals surface area contributed by atoms with Crippen LogP contribution < -0.4 is 5.32 Å². The Morgan fingerprint density at radius 1 is 1.21 bits per heavy atom. The van der Waals surface area contributed by atoms with E-state index in [0.29, 0.717) is 36.2 Å². The van der Waals surface area contributed by atoms with Gasteiger partial charge >= 0.3 is 0 Å². The summed E-state index contributed by atoms with van der Waals surface area (Å²) in [5.41, 5.74) is 3.26. The molecular weight excluding hydrogens is 368 g/mol. The normalized spacial score (nSPS) is 10.8. The molecule has 3 heterocycles. The fourth-order valence-electron chi connectivity index (χ4n) is 2.84. The molecule has 1 amide bonds. The van der Waals surface area contributed by atoms with Crippen molar-refractivity contribution in [2.45, 2.75) is 26.8 Å². The van der Waals surface area contributed by atoms with E-state index in [2.05, 4.69) is 25.4 Å². The fraction of sp³-hybridized carbons (Fsp3) is 0.190. The predicted molar refractivity (Wildman–Crippen MR) is 106 cm³/mol. The second kappa shape index (κ2) is 8.05. The van der Waals surface area contributed by atoms with Crippen LogP contribution in [-0.4, -0.2) is 30.6 Å². The predicted octanol–water partition coefficient (Wildman–Crippen LogP) is 3.12. The van der Waals surface area contributed by atoms with Crippen LogP contribution in [0.5, 0.6) is 0 Å². The third-order valence-corrected chi connectivity index (χ3v) is 4.39. The monoisotopic (exact) mass is 388 g/mol. The van der Waals surface area contributed by atoms with Gasteiger partial charge in [0.25, 0.3) is 11.8 Å². The van der Waals surface area contributed by atoms with Gasteiger partial charge in [-0.1, -0.05) is 41.9 Å². The van der Waals surface area contributed by atoms with E-state index >= 15 is 0 Å². The third kappa shape index (κ3) is 4.21. The molecule has 0 aliphatic carbocycles. The zero-order valence-corrected chi connectivity index (χ0v) is 16.2. The van der Waals surface area contributed by atoms with Crippen molar-refractivity contribution >= 4 is 5.91 Å². The van der Waals surface area contributed by atoms with E-state index in [0.717, 1.165) is 16.7 Å². The Morgan fingerprint density at radius 3 is 2.83 bits per heavy atom. The van der Waals surface area contributed by atoms with Crippen molar-refractivity contribution in [2.75, 3.05) is 0 Å². The number of carbonyl (C=O) groups excluding carboxylic acids is 1. The van der Waals surface area contributed by atoms with Crippen LogP contribution in [0.1, 0.15) is 34.4 Å². The molecule has 4 aromatic rings. The number of hydrogen-bond acceptors (Lipinski definition) is 6. The van der Waals surface area contributed by atoms with E-state index in [9.17, 15) is 4.79 Å². The van der Waals surface area contributed by atoms with Gasteiger partial charge in [0.15, 0.2) is 5.82 Å². The van der Waals surface area contributed by atoms with Crippen LogP contribution >= 0.6 is 0 Å². The summed E-state index contributed by atoms with van der Waals surface area (Å²) in [4.78, 5) is 25.3. The molecule has 8 heteroatoms. The van der Waals surface area contributed by atoms with Crippen molar-refractivity contribution in [1.82, 2.24) is 30.0 Å². The maximum absolute atomic E-state index is 12.4. The molecule has 1 aromatic carbocycles. The number of imidazole rings is 1. The quantitative estimate of drug-likeness (QED) is 0.545. The van der Waals surface area contributed by atoms with Crippen molar-refractivity contribution < 1.29 is 9.32 Å². The minimum Gasteiger partial charge on any atom is -0.347 e. The van der Waals surface area contributed by atoms with Gasteiger partial charge in [0.2, 0.25) is 0 Å². The summed E-state index contributed by atoms with van der Waals surface area (Å²) < 4.78 is 6.91. The molecule has 0 saturated carbocycles. The number of hydrogen-bond donors (Lipinski definition) is 1. The number of aryl methyl sites for hydroxylation is 2. The summed E-state index contributed by atoms with van der Waals surface area (Å²) in [6.07, 6.45) is 5.57. The first-order valence-corrected chi connectivity index (χ1v) is 9.29. The van der Waals surface area contributed by atoms with Crippen LogP contribution in [0.3, 0.4) is 0 Å². The SMILES string of the molecule is CCc1noc(-c2ccc(-n3cnc(C(=O)NCc4cccc(C)c4)c3)nc2)n1. The van der Waals surface area contributed by atoms with Gasteiger partial charge in [0.1, 0.15) is 17.8 Å². The Bertz CT molecular complexity index is 1130. The number of nitrogens with zero attached hydrogens (tertiary/aromatic N) is 5. The van der Waals surface area contributed by atoms with Gasteiger partial charge in [-0.2, -0.15) is 4.98 Å². The molecule has 0 spiro atoms. The van der Waals surface area contributed by atoms with Gasteiger partial charge in [0.05, 0.1) is 5.56 Å². The van der Waals surface area contributed by atoms with Gasteiger partial charge in [-0.25, -0.2) is 9.97 Å². The fourth-order valence-corrected chi connectivity index (χ4v) is 2.84. The number of nitrogens with one attached hydrogen (secondary N) is 1. The molecule has 29 heavy (non-hydrogen) atoms. The van der Waals surface area contributed by atoms with Crippen molar-refractivity contribution in [3.63, 3.8) is 0 Å². The maximum Gasteiger partial charge on any atom is 0.271 e. The molecule has 0 fully saturated rings. The highest BCUT2D eigenvalue weighted by Gasteiger charge is 2.12. The Labute approximate surface area is 167 Å². The van der Waals surface area contributed by atoms with E-state index in [1.165, 1.54) is 0 Å². The molecule has 0 saturated heterocycles. The summed E-state index contributed by atoms with van der Waals surface area (Å²) in [6, 6.07) is 11.7. The van der Waals surface area contributed by atoms with E-state index in [4.69, 9.17) is 4.52 Å². The van der Waals surface area contributed by atoms with Crippen LogP contribution in [-0.2, 0) is 13.0 Å². The van der Waals surface area contributed by atoms with Gasteiger partial charge < -0.3 is 9.84 Å². The molecule has 0 aliphatic heterocycles. The molecule has 0 atom stereocenters. The third-order valence-electron chi connectivity index (χ3n) is 4.39. The lowest BCUT2D eigenvalue weighted by Gasteiger charge is -2.04. The minimum absolute atomic E-state index is 0.236. The molecule has 4 rings (SSSR count). The van der Waals surface area contributed by atoms with Crippen molar-refractivity contribution in [3.05, 3.63) is 77.8 Å². The Balaban J connectivity index is 1.43. The first-order valence-electron chi connectivity index (χ1n) is 9.29. The second-order valence-electron chi connectivity index (χ2n) is 6.61. The van der Waals surface area contributed by atoms with Crippen molar-refractivity contribution in [1.29, 1.82) is 0 Å². The number of pyridine rings is 1. The Kier molecular flexibility index (Phi) is 5.15. The zero-order valence-electron chi connectivity index (χ0n) is 16.2.